The monoisotopic (exact) mass is 384 g/mol. The Morgan fingerprint density at radius 3 is 2.50 bits per heavy atom. The van der Waals surface area contributed by atoms with Crippen LogP contribution in [-0.2, 0) is 4.74 Å². The average molecular weight is 384 g/mol. The number of benzene rings is 1. The molecule has 2 aromatic rings. The van der Waals surface area contributed by atoms with Gasteiger partial charge in [0.25, 0.3) is 5.91 Å². The van der Waals surface area contributed by atoms with Gasteiger partial charge >= 0.3 is 6.09 Å². The van der Waals surface area contributed by atoms with Crippen molar-refractivity contribution in [2.45, 2.75) is 6.92 Å². The number of piperazine rings is 1. The lowest BCUT2D eigenvalue weighted by Gasteiger charge is -2.35. The molecule has 1 aliphatic rings. The highest BCUT2D eigenvalue weighted by atomic mass is 16.6. The fourth-order valence-electron chi connectivity index (χ4n) is 3.00. The first kappa shape index (κ1) is 19.5. The van der Waals surface area contributed by atoms with Gasteiger partial charge in [-0.25, -0.2) is 9.78 Å². The molecule has 1 aliphatic heterocycles. The molecule has 1 N–H and O–H groups in total. The Morgan fingerprint density at radius 1 is 1.11 bits per heavy atom. The van der Waals surface area contributed by atoms with Crippen LogP contribution in [0.4, 0.5) is 16.2 Å². The van der Waals surface area contributed by atoms with Gasteiger partial charge in [0.05, 0.1) is 31.3 Å². The molecule has 2 amide bonds. The second-order valence-corrected chi connectivity index (χ2v) is 6.23. The first-order valence-corrected chi connectivity index (χ1v) is 9.19. The van der Waals surface area contributed by atoms with Crippen LogP contribution in [0.25, 0.3) is 0 Å². The summed E-state index contributed by atoms with van der Waals surface area (Å²) in [5, 5.41) is 2.81. The van der Waals surface area contributed by atoms with E-state index in [1.807, 2.05) is 18.2 Å². The lowest BCUT2D eigenvalue weighted by molar-refractivity contribution is 0.101. The van der Waals surface area contributed by atoms with E-state index in [0.717, 1.165) is 5.69 Å². The zero-order valence-corrected chi connectivity index (χ0v) is 16.1. The fourth-order valence-corrected chi connectivity index (χ4v) is 3.00. The van der Waals surface area contributed by atoms with Gasteiger partial charge in [-0.05, 0) is 31.2 Å². The molecule has 3 rings (SSSR count). The molecule has 0 atom stereocenters. The summed E-state index contributed by atoms with van der Waals surface area (Å²) in [6.45, 7) is 4.73. The molecule has 0 radical (unpaired) electrons. The van der Waals surface area contributed by atoms with E-state index >= 15 is 0 Å². The van der Waals surface area contributed by atoms with E-state index in [0.29, 0.717) is 49.9 Å². The molecule has 0 aliphatic carbocycles. The summed E-state index contributed by atoms with van der Waals surface area (Å²) in [6, 6.07) is 10.8. The molecule has 8 nitrogen and oxygen atoms in total. The van der Waals surface area contributed by atoms with Gasteiger partial charge < -0.3 is 24.6 Å². The lowest BCUT2D eigenvalue weighted by atomic mass is 10.2. The van der Waals surface area contributed by atoms with Crippen molar-refractivity contribution in [3.05, 3.63) is 48.3 Å². The van der Waals surface area contributed by atoms with Crippen LogP contribution in [-0.4, -0.2) is 61.8 Å². The number of nitrogens with one attached hydrogen (secondary N) is 1. The smallest absolute Gasteiger partial charge is 0.409 e. The van der Waals surface area contributed by atoms with Gasteiger partial charge in [-0.15, -0.1) is 0 Å². The topological polar surface area (TPSA) is 84.0 Å². The standard InChI is InChI=1S/C20H24N4O4/c1-3-28-20(26)24-12-10-23(11-13-24)15-8-9-17(21-14-15)19(25)22-16-6-4-5-7-18(16)27-2/h4-9,14H,3,10-13H2,1-2H3,(H,22,25). The number of para-hydroxylation sites is 2. The lowest BCUT2D eigenvalue weighted by Crippen LogP contribution is -2.49. The highest BCUT2D eigenvalue weighted by Gasteiger charge is 2.22. The van der Waals surface area contributed by atoms with E-state index in [1.54, 1.807) is 43.3 Å². The van der Waals surface area contributed by atoms with Crippen LogP contribution in [0, 0.1) is 0 Å². The molecule has 8 heteroatoms. The van der Waals surface area contributed by atoms with Crippen molar-refractivity contribution < 1.29 is 19.1 Å². The number of anilines is 2. The number of aromatic nitrogens is 1. The summed E-state index contributed by atoms with van der Waals surface area (Å²) in [5.74, 6) is 0.287. The van der Waals surface area contributed by atoms with Gasteiger partial charge in [0.15, 0.2) is 0 Å². The van der Waals surface area contributed by atoms with Gasteiger partial charge in [0.2, 0.25) is 0 Å². The molecule has 148 valence electrons. The number of hydrogen-bond donors (Lipinski definition) is 1. The summed E-state index contributed by atoms with van der Waals surface area (Å²) in [6.07, 6.45) is 1.40. The molecule has 2 heterocycles. The second-order valence-electron chi connectivity index (χ2n) is 6.23. The average Bonchev–Trinajstić information content (AvgIpc) is 2.74. The number of nitrogens with zero attached hydrogens (tertiary/aromatic N) is 3. The zero-order chi connectivity index (χ0) is 19.9. The maximum atomic E-state index is 12.4. The molecule has 1 fully saturated rings. The van der Waals surface area contributed by atoms with Crippen LogP contribution >= 0.6 is 0 Å². The fraction of sp³-hybridized carbons (Fsp3) is 0.350. The first-order valence-electron chi connectivity index (χ1n) is 9.19. The van der Waals surface area contributed by atoms with Crippen molar-refractivity contribution in [2.75, 3.05) is 50.1 Å². The van der Waals surface area contributed by atoms with E-state index in [4.69, 9.17) is 9.47 Å². The van der Waals surface area contributed by atoms with Crippen molar-refractivity contribution >= 4 is 23.4 Å². The Morgan fingerprint density at radius 2 is 1.86 bits per heavy atom. The van der Waals surface area contributed by atoms with Crippen molar-refractivity contribution in [3.8, 4) is 5.75 Å². The first-order chi connectivity index (χ1) is 13.6. The molecule has 1 saturated heterocycles. The number of hydrogen-bond acceptors (Lipinski definition) is 6. The summed E-state index contributed by atoms with van der Waals surface area (Å²) in [7, 11) is 1.56. The van der Waals surface area contributed by atoms with E-state index < -0.39 is 0 Å². The number of rotatable bonds is 5. The third-order valence-electron chi connectivity index (χ3n) is 4.51. The van der Waals surface area contributed by atoms with Crippen molar-refractivity contribution in [1.82, 2.24) is 9.88 Å². The summed E-state index contributed by atoms with van der Waals surface area (Å²) in [4.78, 5) is 32.3. The number of amides is 2. The normalized spacial score (nSPS) is 13.8. The molecule has 0 unspecified atom stereocenters. The predicted octanol–water partition coefficient (Wildman–Crippen LogP) is 2.62. The quantitative estimate of drug-likeness (QED) is 0.853. The molecule has 28 heavy (non-hydrogen) atoms. The third-order valence-corrected chi connectivity index (χ3v) is 4.51. The molecule has 1 aromatic heterocycles. The predicted molar refractivity (Wildman–Crippen MR) is 106 cm³/mol. The van der Waals surface area contributed by atoms with Crippen LogP contribution in [0.2, 0.25) is 0 Å². The molecular formula is C20H24N4O4. The highest BCUT2D eigenvalue weighted by Crippen LogP contribution is 2.24. The Bertz CT molecular complexity index is 817. The number of methoxy groups -OCH3 is 1. The number of carbonyl (C=O) groups excluding carboxylic acids is 2. The zero-order valence-electron chi connectivity index (χ0n) is 16.1. The van der Waals surface area contributed by atoms with Gasteiger partial charge in [-0.2, -0.15) is 0 Å². The van der Waals surface area contributed by atoms with E-state index in [-0.39, 0.29) is 12.0 Å². The number of carbonyl (C=O) groups is 2. The van der Waals surface area contributed by atoms with Crippen molar-refractivity contribution in [1.29, 1.82) is 0 Å². The van der Waals surface area contributed by atoms with Crippen molar-refractivity contribution in [2.24, 2.45) is 0 Å². The molecule has 0 bridgehead atoms. The van der Waals surface area contributed by atoms with Gasteiger partial charge in [0, 0.05) is 26.2 Å². The van der Waals surface area contributed by atoms with Gasteiger partial charge in [-0.3, -0.25) is 4.79 Å². The highest BCUT2D eigenvalue weighted by molar-refractivity contribution is 6.03. The van der Waals surface area contributed by atoms with Crippen LogP contribution in [0.1, 0.15) is 17.4 Å². The minimum absolute atomic E-state index is 0.274. The SMILES string of the molecule is CCOC(=O)N1CCN(c2ccc(C(=O)Nc3ccccc3OC)nc2)CC1. The summed E-state index contributed by atoms with van der Waals surface area (Å²) < 4.78 is 10.3. The molecule has 1 aromatic carbocycles. The minimum Gasteiger partial charge on any atom is -0.495 e. The van der Waals surface area contributed by atoms with Crippen LogP contribution in [0.15, 0.2) is 42.6 Å². The summed E-state index contributed by atoms with van der Waals surface area (Å²) >= 11 is 0. The van der Waals surface area contributed by atoms with E-state index in [9.17, 15) is 9.59 Å². The Balaban J connectivity index is 1.59. The molecule has 0 saturated carbocycles. The van der Waals surface area contributed by atoms with Crippen LogP contribution in [0.3, 0.4) is 0 Å². The Kier molecular flexibility index (Phi) is 6.31. The number of ether oxygens (including phenoxy) is 2. The second kappa shape index (κ2) is 9.07. The third kappa shape index (κ3) is 4.51. The van der Waals surface area contributed by atoms with Gasteiger partial charge in [-0.1, -0.05) is 12.1 Å². The largest absolute Gasteiger partial charge is 0.495 e. The van der Waals surface area contributed by atoms with Crippen LogP contribution < -0.4 is 15.0 Å². The van der Waals surface area contributed by atoms with Gasteiger partial charge in [0.1, 0.15) is 11.4 Å². The van der Waals surface area contributed by atoms with Crippen LogP contribution in [0.5, 0.6) is 5.75 Å². The Hall–Kier alpha value is -3.29. The van der Waals surface area contributed by atoms with E-state index in [1.165, 1.54) is 0 Å². The Labute approximate surface area is 164 Å². The maximum Gasteiger partial charge on any atom is 0.409 e. The molecule has 0 spiro atoms. The maximum absolute atomic E-state index is 12.4. The number of pyridine rings is 1. The molecular weight excluding hydrogens is 360 g/mol. The van der Waals surface area contributed by atoms with Crippen molar-refractivity contribution in [3.63, 3.8) is 0 Å². The van der Waals surface area contributed by atoms with E-state index in [2.05, 4.69) is 15.2 Å². The minimum atomic E-state index is -0.303. The summed E-state index contributed by atoms with van der Waals surface area (Å²) in [5.41, 5.74) is 1.83.